The van der Waals surface area contributed by atoms with Gasteiger partial charge in [0.25, 0.3) is 0 Å². The minimum Gasteiger partial charge on any atom is -0.383 e. The molecule has 0 saturated heterocycles. The number of aromatic nitrogens is 1. The number of pyridine rings is 1. The van der Waals surface area contributed by atoms with Crippen LogP contribution < -0.4 is 0 Å². The highest BCUT2D eigenvalue weighted by atomic mass is 16.3. The summed E-state index contributed by atoms with van der Waals surface area (Å²) in [4.78, 5) is 4.38. The highest BCUT2D eigenvalue weighted by Crippen LogP contribution is 2.74. The fourth-order valence-corrected chi connectivity index (χ4v) is 4.03. The normalized spacial score (nSPS) is 43.8. The van der Waals surface area contributed by atoms with Crippen molar-refractivity contribution < 1.29 is 5.11 Å². The van der Waals surface area contributed by atoms with E-state index in [-0.39, 0.29) is 0 Å². The van der Waals surface area contributed by atoms with Crippen molar-refractivity contribution in [2.75, 3.05) is 0 Å². The Labute approximate surface area is 103 Å². The third kappa shape index (κ3) is 1.33. The zero-order valence-corrected chi connectivity index (χ0v) is 10.9. The Morgan fingerprint density at radius 2 is 2.18 bits per heavy atom. The molecule has 0 amide bonds. The van der Waals surface area contributed by atoms with Crippen molar-refractivity contribution in [2.24, 2.45) is 23.2 Å². The van der Waals surface area contributed by atoms with Crippen LogP contribution in [0.25, 0.3) is 0 Å². The van der Waals surface area contributed by atoms with Gasteiger partial charge in [-0.2, -0.15) is 0 Å². The van der Waals surface area contributed by atoms with E-state index in [0.717, 1.165) is 12.1 Å². The van der Waals surface area contributed by atoms with Gasteiger partial charge in [0.2, 0.25) is 0 Å². The molecule has 1 aromatic rings. The molecule has 1 heterocycles. The van der Waals surface area contributed by atoms with E-state index in [4.69, 9.17) is 0 Å². The van der Waals surface area contributed by atoms with Crippen LogP contribution in [0.3, 0.4) is 0 Å². The van der Waals surface area contributed by atoms with Crippen LogP contribution in [0.4, 0.5) is 0 Å². The van der Waals surface area contributed by atoms with Crippen molar-refractivity contribution in [2.45, 2.75) is 39.2 Å². The molecule has 1 aromatic heterocycles. The quantitative estimate of drug-likeness (QED) is 0.849. The maximum Gasteiger partial charge on any atom is 0.110 e. The van der Waals surface area contributed by atoms with E-state index >= 15 is 0 Å². The van der Waals surface area contributed by atoms with Gasteiger partial charge in [0.1, 0.15) is 5.60 Å². The average molecular weight is 231 g/mol. The van der Waals surface area contributed by atoms with Gasteiger partial charge in [-0.3, -0.25) is 4.98 Å². The van der Waals surface area contributed by atoms with Crippen LogP contribution in [-0.4, -0.2) is 10.1 Å². The smallest absolute Gasteiger partial charge is 0.110 e. The first kappa shape index (κ1) is 11.2. The summed E-state index contributed by atoms with van der Waals surface area (Å²) < 4.78 is 0. The number of hydrogen-bond donors (Lipinski definition) is 1. The fourth-order valence-electron chi connectivity index (χ4n) is 4.03. The van der Waals surface area contributed by atoms with Crippen LogP contribution in [0.15, 0.2) is 24.4 Å². The SMILES string of the molecule is CC(C)[C@@]12C[C@@H]1[C@H](C)[C@](O)(c1ccccn1)C2. The molecule has 2 saturated carbocycles. The Balaban J connectivity index is 1.96. The molecule has 0 aromatic carbocycles. The third-order valence-corrected chi connectivity index (χ3v) is 5.39. The molecule has 0 bridgehead atoms. The minimum absolute atomic E-state index is 0.333. The second-order valence-electron chi connectivity index (χ2n) is 6.30. The number of nitrogens with zero attached hydrogens (tertiary/aromatic N) is 1. The van der Waals surface area contributed by atoms with Gasteiger partial charge in [0, 0.05) is 6.20 Å². The molecule has 4 atom stereocenters. The van der Waals surface area contributed by atoms with Crippen molar-refractivity contribution in [3.8, 4) is 0 Å². The molecule has 2 aliphatic carbocycles. The molecule has 2 aliphatic rings. The lowest BCUT2D eigenvalue weighted by Gasteiger charge is -2.31. The first-order valence-electron chi connectivity index (χ1n) is 6.64. The standard InChI is InChI=1S/C15H21NO/c1-10(2)14-8-12(14)11(3)15(17,9-14)13-6-4-5-7-16-13/h4-7,10-12,17H,8-9H2,1-3H3/t11-,12+,14-,15-/m0/s1. The Bertz CT molecular complexity index is 430. The summed E-state index contributed by atoms with van der Waals surface area (Å²) in [5.74, 6) is 1.68. The highest BCUT2D eigenvalue weighted by Gasteiger charge is 2.70. The van der Waals surface area contributed by atoms with Crippen LogP contribution in [0.2, 0.25) is 0 Å². The predicted octanol–water partition coefficient (Wildman–Crippen LogP) is 2.97. The molecule has 3 rings (SSSR count). The van der Waals surface area contributed by atoms with Gasteiger partial charge in [0.05, 0.1) is 5.69 Å². The first-order chi connectivity index (χ1) is 8.01. The Morgan fingerprint density at radius 1 is 1.41 bits per heavy atom. The lowest BCUT2D eigenvalue weighted by atomic mass is 9.81. The molecular formula is C15H21NO. The fraction of sp³-hybridized carbons (Fsp3) is 0.667. The molecule has 0 unspecified atom stereocenters. The Morgan fingerprint density at radius 3 is 2.71 bits per heavy atom. The Kier molecular flexibility index (Phi) is 2.19. The van der Waals surface area contributed by atoms with Gasteiger partial charge in [-0.05, 0) is 48.1 Å². The molecule has 2 fully saturated rings. The Hall–Kier alpha value is -0.890. The molecule has 1 N–H and O–H groups in total. The van der Waals surface area contributed by atoms with Gasteiger partial charge in [0.15, 0.2) is 0 Å². The van der Waals surface area contributed by atoms with Gasteiger partial charge < -0.3 is 5.11 Å². The number of fused-ring (bicyclic) bond motifs is 1. The second-order valence-corrected chi connectivity index (χ2v) is 6.30. The number of hydrogen-bond acceptors (Lipinski definition) is 2. The second kappa shape index (κ2) is 3.32. The summed E-state index contributed by atoms with van der Waals surface area (Å²) in [6.07, 6.45) is 3.97. The van der Waals surface area contributed by atoms with E-state index in [9.17, 15) is 5.11 Å². The van der Waals surface area contributed by atoms with Crippen molar-refractivity contribution in [1.82, 2.24) is 4.98 Å². The van der Waals surface area contributed by atoms with E-state index in [2.05, 4.69) is 25.8 Å². The van der Waals surface area contributed by atoms with Crippen LogP contribution in [0.5, 0.6) is 0 Å². The minimum atomic E-state index is -0.700. The van der Waals surface area contributed by atoms with Crippen LogP contribution in [-0.2, 0) is 5.60 Å². The van der Waals surface area contributed by atoms with Gasteiger partial charge >= 0.3 is 0 Å². The van der Waals surface area contributed by atoms with Crippen molar-refractivity contribution in [1.29, 1.82) is 0 Å². The molecule has 92 valence electrons. The maximum absolute atomic E-state index is 11.0. The molecule has 2 nitrogen and oxygen atoms in total. The summed E-state index contributed by atoms with van der Waals surface area (Å²) in [6, 6.07) is 5.85. The monoisotopic (exact) mass is 231 g/mol. The molecule has 17 heavy (non-hydrogen) atoms. The van der Waals surface area contributed by atoms with Gasteiger partial charge in [-0.1, -0.05) is 26.8 Å². The lowest BCUT2D eigenvalue weighted by Crippen LogP contribution is -2.33. The van der Waals surface area contributed by atoms with Crippen LogP contribution in [0.1, 0.15) is 39.3 Å². The predicted molar refractivity (Wildman–Crippen MR) is 67.3 cm³/mol. The van der Waals surface area contributed by atoms with E-state index in [1.165, 1.54) is 6.42 Å². The molecule has 2 heteroatoms. The van der Waals surface area contributed by atoms with Gasteiger partial charge in [-0.25, -0.2) is 0 Å². The van der Waals surface area contributed by atoms with Crippen LogP contribution >= 0.6 is 0 Å². The zero-order valence-electron chi connectivity index (χ0n) is 10.9. The molecular weight excluding hydrogens is 210 g/mol. The maximum atomic E-state index is 11.0. The van der Waals surface area contributed by atoms with Gasteiger partial charge in [-0.15, -0.1) is 0 Å². The molecule has 0 aliphatic heterocycles. The van der Waals surface area contributed by atoms with Crippen LogP contribution in [0, 0.1) is 23.2 Å². The lowest BCUT2D eigenvalue weighted by molar-refractivity contribution is -0.0220. The topological polar surface area (TPSA) is 33.1 Å². The summed E-state index contributed by atoms with van der Waals surface area (Å²) >= 11 is 0. The van der Waals surface area contributed by atoms with E-state index < -0.39 is 5.60 Å². The summed E-state index contributed by atoms with van der Waals surface area (Å²) in [7, 11) is 0. The summed E-state index contributed by atoms with van der Waals surface area (Å²) in [5.41, 5.74) is 0.542. The van der Waals surface area contributed by atoms with Crippen molar-refractivity contribution in [3.63, 3.8) is 0 Å². The number of rotatable bonds is 2. The highest BCUT2D eigenvalue weighted by molar-refractivity contribution is 5.26. The molecule has 0 radical (unpaired) electrons. The summed E-state index contributed by atoms with van der Waals surface area (Å²) in [5, 5.41) is 11.0. The van der Waals surface area contributed by atoms with E-state index in [0.29, 0.717) is 23.2 Å². The largest absolute Gasteiger partial charge is 0.383 e. The number of aliphatic hydroxyl groups is 1. The van der Waals surface area contributed by atoms with E-state index in [1.807, 2.05) is 18.2 Å². The van der Waals surface area contributed by atoms with Crippen molar-refractivity contribution >= 4 is 0 Å². The zero-order chi connectivity index (χ0) is 12.3. The van der Waals surface area contributed by atoms with E-state index in [1.54, 1.807) is 6.20 Å². The average Bonchev–Trinajstić information content (AvgIpc) is 2.99. The molecule has 0 spiro atoms. The summed E-state index contributed by atoms with van der Waals surface area (Å²) in [6.45, 7) is 6.77. The first-order valence-corrected chi connectivity index (χ1v) is 6.64. The van der Waals surface area contributed by atoms with Crippen molar-refractivity contribution in [3.05, 3.63) is 30.1 Å². The third-order valence-electron chi connectivity index (χ3n) is 5.39.